The van der Waals surface area contributed by atoms with Gasteiger partial charge in [-0.25, -0.2) is 0 Å². The second-order valence-electron chi connectivity index (χ2n) is 3.40. The molecule has 0 fully saturated rings. The van der Waals surface area contributed by atoms with Crippen molar-refractivity contribution in [1.29, 1.82) is 0 Å². The summed E-state index contributed by atoms with van der Waals surface area (Å²) in [7, 11) is 0. The molecule has 92 valence electrons. The molecule has 0 saturated heterocycles. The summed E-state index contributed by atoms with van der Waals surface area (Å²) in [6, 6.07) is 0. The molecule has 0 aromatic carbocycles. The second-order valence-corrected chi connectivity index (χ2v) is 3.40. The molecular weight excluding hydrogens is 212 g/mol. The molecule has 0 heterocycles. The first-order valence-corrected chi connectivity index (χ1v) is 5.97. The van der Waals surface area contributed by atoms with Crippen molar-refractivity contribution in [3.63, 3.8) is 0 Å². The minimum Gasteiger partial charge on any atom is -0.466 e. The van der Waals surface area contributed by atoms with Crippen LogP contribution in [0.1, 0.15) is 46.0 Å². The number of ether oxygens (including phenoxy) is 1. The smallest absolute Gasteiger partial charge is 0.302 e. The molecule has 0 aliphatic heterocycles. The molecular formula is C15H20O2. The van der Waals surface area contributed by atoms with Crippen LogP contribution in [-0.2, 0) is 9.53 Å². The lowest BCUT2D eigenvalue weighted by Crippen LogP contribution is -1.99. The Balaban J connectivity index is 3.39. The van der Waals surface area contributed by atoms with Crippen LogP contribution in [0.25, 0.3) is 0 Å². The molecule has 0 saturated carbocycles. The summed E-state index contributed by atoms with van der Waals surface area (Å²) in [6.45, 7) is 3.95. The van der Waals surface area contributed by atoms with Crippen molar-refractivity contribution in [1.82, 2.24) is 0 Å². The third-order valence-corrected chi connectivity index (χ3v) is 1.81. The van der Waals surface area contributed by atoms with Crippen LogP contribution in [0, 0.1) is 23.7 Å². The highest BCUT2D eigenvalue weighted by Crippen LogP contribution is 1.93. The lowest BCUT2D eigenvalue weighted by molar-refractivity contribution is -0.141. The number of allylic oxidation sites excluding steroid dienone is 2. The van der Waals surface area contributed by atoms with Gasteiger partial charge in [0.25, 0.3) is 0 Å². The minimum atomic E-state index is -0.215. The van der Waals surface area contributed by atoms with Gasteiger partial charge in [0.15, 0.2) is 0 Å². The van der Waals surface area contributed by atoms with Gasteiger partial charge < -0.3 is 4.74 Å². The highest BCUT2D eigenvalue weighted by atomic mass is 16.5. The number of hydrogen-bond acceptors (Lipinski definition) is 2. The first kappa shape index (κ1) is 15.3. The molecule has 0 aromatic heterocycles. The van der Waals surface area contributed by atoms with E-state index in [0.717, 1.165) is 25.7 Å². The lowest BCUT2D eigenvalue weighted by Gasteiger charge is -1.97. The fourth-order valence-corrected chi connectivity index (χ4v) is 1.04. The topological polar surface area (TPSA) is 26.3 Å². The van der Waals surface area contributed by atoms with Gasteiger partial charge in [0.1, 0.15) is 0 Å². The predicted octanol–water partition coefficient (Wildman–Crippen LogP) is 3.08. The standard InChI is InChI=1S/C15H20O2/c1-3-4-5-6-7-8-9-10-11-12-13-14-17-15(2)16/h10-11H,3,6,9,12-14H2,1-2H3/b11-10+. The van der Waals surface area contributed by atoms with Gasteiger partial charge in [-0.1, -0.05) is 36.8 Å². The third-order valence-electron chi connectivity index (χ3n) is 1.81. The molecule has 0 bridgehead atoms. The maximum atomic E-state index is 10.5. The van der Waals surface area contributed by atoms with Crippen LogP contribution in [-0.4, -0.2) is 12.6 Å². The summed E-state index contributed by atoms with van der Waals surface area (Å²) in [5.41, 5.74) is 0. The van der Waals surface area contributed by atoms with Crippen molar-refractivity contribution in [2.75, 3.05) is 6.61 Å². The van der Waals surface area contributed by atoms with Crippen LogP contribution >= 0.6 is 0 Å². The van der Waals surface area contributed by atoms with Crippen LogP contribution in [0.15, 0.2) is 12.2 Å². The zero-order chi connectivity index (χ0) is 12.8. The van der Waals surface area contributed by atoms with Crippen LogP contribution < -0.4 is 0 Å². The molecule has 0 radical (unpaired) electrons. The molecule has 0 spiro atoms. The number of unbranched alkanes of at least 4 members (excludes halogenated alkanes) is 1. The van der Waals surface area contributed by atoms with E-state index in [1.807, 2.05) is 13.0 Å². The van der Waals surface area contributed by atoms with E-state index in [1.165, 1.54) is 6.92 Å². The van der Waals surface area contributed by atoms with Gasteiger partial charge in [-0.2, -0.15) is 0 Å². The Labute approximate surface area is 104 Å². The molecule has 0 rings (SSSR count). The fraction of sp³-hybridized carbons (Fsp3) is 0.533. The molecule has 0 unspecified atom stereocenters. The number of carbonyl (C=O) groups is 1. The van der Waals surface area contributed by atoms with E-state index in [2.05, 4.69) is 29.8 Å². The van der Waals surface area contributed by atoms with E-state index >= 15 is 0 Å². The molecule has 17 heavy (non-hydrogen) atoms. The van der Waals surface area contributed by atoms with E-state index in [4.69, 9.17) is 4.74 Å². The second kappa shape index (κ2) is 12.4. The maximum Gasteiger partial charge on any atom is 0.302 e. The average molecular weight is 232 g/mol. The zero-order valence-corrected chi connectivity index (χ0v) is 10.7. The van der Waals surface area contributed by atoms with Crippen molar-refractivity contribution < 1.29 is 9.53 Å². The first-order valence-electron chi connectivity index (χ1n) is 5.97. The molecule has 0 aromatic rings. The summed E-state index contributed by atoms with van der Waals surface area (Å²) < 4.78 is 4.81. The number of rotatable bonds is 5. The average Bonchev–Trinajstić information content (AvgIpc) is 2.30. The van der Waals surface area contributed by atoms with Crippen molar-refractivity contribution in [2.45, 2.75) is 46.0 Å². The molecule has 0 N–H and O–H groups in total. The van der Waals surface area contributed by atoms with Crippen molar-refractivity contribution in [2.24, 2.45) is 0 Å². The Hall–Kier alpha value is -1.67. The molecule has 0 atom stereocenters. The van der Waals surface area contributed by atoms with E-state index in [-0.39, 0.29) is 5.97 Å². The maximum absolute atomic E-state index is 10.5. The molecule has 2 nitrogen and oxygen atoms in total. The van der Waals surface area contributed by atoms with Crippen molar-refractivity contribution in [3.8, 4) is 23.7 Å². The Morgan fingerprint density at radius 1 is 1.18 bits per heavy atom. The molecule has 0 aliphatic rings. The lowest BCUT2D eigenvalue weighted by atomic mass is 10.2. The van der Waals surface area contributed by atoms with Crippen LogP contribution in [0.4, 0.5) is 0 Å². The number of esters is 1. The van der Waals surface area contributed by atoms with E-state index in [0.29, 0.717) is 13.0 Å². The Morgan fingerprint density at radius 2 is 1.94 bits per heavy atom. The van der Waals surface area contributed by atoms with Gasteiger partial charge in [0.05, 0.1) is 13.0 Å². The predicted molar refractivity (Wildman–Crippen MR) is 70.1 cm³/mol. The third kappa shape index (κ3) is 14.3. The fourth-order valence-electron chi connectivity index (χ4n) is 1.04. The van der Waals surface area contributed by atoms with E-state index < -0.39 is 0 Å². The van der Waals surface area contributed by atoms with Gasteiger partial charge >= 0.3 is 5.97 Å². The highest BCUT2D eigenvalue weighted by molar-refractivity contribution is 5.65. The Kier molecular flexibility index (Phi) is 11.2. The van der Waals surface area contributed by atoms with Crippen LogP contribution in [0.2, 0.25) is 0 Å². The van der Waals surface area contributed by atoms with Gasteiger partial charge in [0, 0.05) is 19.8 Å². The normalized spacial score (nSPS) is 9.06. The summed E-state index contributed by atoms with van der Waals surface area (Å²) >= 11 is 0. The summed E-state index contributed by atoms with van der Waals surface area (Å²) in [6.07, 6.45) is 8.21. The molecule has 0 amide bonds. The minimum absolute atomic E-state index is 0.215. The monoisotopic (exact) mass is 232 g/mol. The largest absolute Gasteiger partial charge is 0.466 e. The van der Waals surface area contributed by atoms with Gasteiger partial charge in [-0.3, -0.25) is 4.79 Å². The quantitative estimate of drug-likeness (QED) is 0.315. The van der Waals surface area contributed by atoms with Gasteiger partial charge in [0.2, 0.25) is 0 Å². The van der Waals surface area contributed by atoms with E-state index in [9.17, 15) is 4.79 Å². The van der Waals surface area contributed by atoms with Crippen LogP contribution in [0.5, 0.6) is 0 Å². The van der Waals surface area contributed by atoms with Crippen molar-refractivity contribution >= 4 is 5.97 Å². The SMILES string of the molecule is CCC#CCC#CC/C=C/CCCOC(C)=O. The zero-order valence-electron chi connectivity index (χ0n) is 10.7. The summed E-state index contributed by atoms with van der Waals surface area (Å²) in [4.78, 5) is 10.5. The molecule has 0 aliphatic carbocycles. The van der Waals surface area contributed by atoms with E-state index in [1.54, 1.807) is 0 Å². The molecule has 2 heteroatoms. The summed E-state index contributed by atoms with van der Waals surface area (Å²) in [5, 5.41) is 0. The van der Waals surface area contributed by atoms with Crippen LogP contribution in [0.3, 0.4) is 0 Å². The van der Waals surface area contributed by atoms with Crippen molar-refractivity contribution in [3.05, 3.63) is 12.2 Å². The Bertz CT molecular complexity index is 345. The van der Waals surface area contributed by atoms with Gasteiger partial charge in [-0.15, -0.1) is 5.92 Å². The Morgan fingerprint density at radius 3 is 2.65 bits per heavy atom. The summed E-state index contributed by atoms with van der Waals surface area (Å²) in [5.74, 6) is 11.7. The van der Waals surface area contributed by atoms with Gasteiger partial charge in [-0.05, 0) is 12.8 Å². The number of carbonyl (C=O) groups excluding carboxylic acids is 1. The first-order chi connectivity index (χ1) is 8.27. The highest BCUT2D eigenvalue weighted by Gasteiger charge is 1.89. The number of hydrogen-bond donors (Lipinski definition) is 0.